The van der Waals surface area contributed by atoms with Crippen molar-refractivity contribution < 1.29 is 23.1 Å². The summed E-state index contributed by atoms with van der Waals surface area (Å²) in [4.78, 5) is 16.1. The largest absolute Gasteiger partial charge is 0.504 e. The number of carbonyl (C=O) groups excluding carboxylic acids is 1. The Hall–Kier alpha value is -2.58. The molecule has 0 aliphatic carbocycles. The molecule has 0 saturated carbocycles. The van der Waals surface area contributed by atoms with E-state index in [0.29, 0.717) is 11.3 Å². The molecular formula is C15H17F3N4O2. The summed E-state index contributed by atoms with van der Waals surface area (Å²) in [6.07, 6.45) is -1.81. The van der Waals surface area contributed by atoms with Crippen LogP contribution in [0.2, 0.25) is 0 Å². The van der Waals surface area contributed by atoms with Crippen molar-refractivity contribution >= 4 is 11.6 Å². The molecule has 0 bridgehead atoms. The summed E-state index contributed by atoms with van der Waals surface area (Å²) in [5.74, 6) is -1.40. The molecule has 2 rings (SSSR count). The van der Waals surface area contributed by atoms with E-state index in [4.69, 9.17) is 0 Å². The molecule has 24 heavy (non-hydrogen) atoms. The van der Waals surface area contributed by atoms with Crippen LogP contribution in [0.3, 0.4) is 0 Å². The topological polar surface area (TPSA) is 80.0 Å². The van der Waals surface area contributed by atoms with Gasteiger partial charge in [-0.3, -0.25) is 14.5 Å². The lowest BCUT2D eigenvalue weighted by Crippen LogP contribution is -2.21. The number of anilines is 1. The quantitative estimate of drug-likeness (QED) is 0.895. The summed E-state index contributed by atoms with van der Waals surface area (Å²) in [6.45, 7) is 3.42. The Morgan fingerprint density at radius 2 is 2.08 bits per heavy atom. The van der Waals surface area contributed by atoms with E-state index in [0.717, 1.165) is 4.68 Å². The van der Waals surface area contributed by atoms with E-state index in [-0.39, 0.29) is 17.1 Å². The van der Waals surface area contributed by atoms with Crippen molar-refractivity contribution in [1.29, 1.82) is 0 Å². The first-order valence-electron chi connectivity index (χ1n) is 7.14. The van der Waals surface area contributed by atoms with Gasteiger partial charge in [0.1, 0.15) is 6.54 Å². The third kappa shape index (κ3) is 3.84. The van der Waals surface area contributed by atoms with Crippen LogP contribution in [-0.4, -0.2) is 32.0 Å². The van der Waals surface area contributed by atoms with Gasteiger partial charge in [-0.25, -0.2) is 0 Å². The van der Waals surface area contributed by atoms with E-state index in [2.05, 4.69) is 15.4 Å². The monoisotopic (exact) mass is 342 g/mol. The van der Waals surface area contributed by atoms with Crippen molar-refractivity contribution in [2.24, 2.45) is 0 Å². The van der Waals surface area contributed by atoms with Gasteiger partial charge in [-0.05, 0) is 26.8 Å². The summed E-state index contributed by atoms with van der Waals surface area (Å²) < 4.78 is 38.6. The molecular weight excluding hydrogens is 325 g/mol. The lowest BCUT2D eigenvalue weighted by Gasteiger charge is -2.14. The van der Waals surface area contributed by atoms with Gasteiger partial charge in [0.25, 0.3) is 0 Å². The second-order valence-electron chi connectivity index (χ2n) is 5.46. The number of aromatic hydroxyl groups is 1. The average molecular weight is 342 g/mol. The normalized spacial score (nSPS) is 12.9. The molecule has 2 aromatic rings. The number of halogens is 3. The second-order valence-corrected chi connectivity index (χ2v) is 5.46. The van der Waals surface area contributed by atoms with Gasteiger partial charge in [0.2, 0.25) is 5.91 Å². The molecule has 2 N–H and O–H groups in total. The first-order chi connectivity index (χ1) is 11.1. The molecule has 0 unspecified atom stereocenters. The minimum atomic E-state index is -4.39. The van der Waals surface area contributed by atoms with E-state index in [1.807, 2.05) is 0 Å². The average Bonchev–Trinajstić information content (AvgIpc) is 2.73. The first-order valence-corrected chi connectivity index (χ1v) is 7.14. The fourth-order valence-corrected chi connectivity index (χ4v) is 2.53. The van der Waals surface area contributed by atoms with E-state index in [1.54, 1.807) is 13.8 Å². The number of nitrogens with one attached hydrogen (secondary N) is 1. The Morgan fingerprint density at radius 1 is 1.42 bits per heavy atom. The number of rotatable bonds is 4. The molecule has 6 nitrogen and oxygen atoms in total. The number of pyridine rings is 1. The van der Waals surface area contributed by atoms with Crippen LogP contribution < -0.4 is 5.32 Å². The van der Waals surface area contributed by atoms with Gasteiger partial charge in [0.05, 0.1) is 23.5 Å². The fourth-order valence-electron chi connectivity index (χ4n) is 2.53. The lowest BCUT2D eigenvalue weighted by molar-refractivity contribution is -0.143. The van der Waals surface area contributed by atoms with Crippen LogP contribution in [0, 0.1) is 13.8 Å². The van der Waals surface area contributed by atoms with Gasteiger partial charge in [-0.1, -0.05) is 0 Å². The molecule has 9 heteroatoms. The maximum atomic E-state index is 12.6. The minimum absolute atomic E-state index is 0.180. The molecule has 0 fully saturated rings. The smallest absolute Gasteiger partial charge is 0.408 e. The second kappa shape index (κ2) is 6.50. The number of nitrogens with zero attached hydrogens (tertiary/aromatic N) is 3. The van der Waals surface area contributed by atoms with E-state index in [9.17, 15) is 23.1 Å². The maximum Gasteiger partial charge on any atom is 0.408 e. The Kier molecular flexibility index (Phi) is 4.81. The standard InChI is InChI=1S/C15H17F3N4O2/c1-8(14(24)20-11-4-5-19-6-12(11)23)13-9(2)21-22(10(13)3)7-15(16,17)18/h4-6,8,23H,7H2,1-3H3,(H,19,20,24)/t8-/m0/s1. The number of amides is 1. The first kappa shape index (κ1) is 17.8. The summed E-state index contributed by atoms with van der Waals surface area (Å²) in [6, 6.07) is 1.42. The van der Waals surface area contributed by atoms with E-state index in [1.165, 1.54) is 25.4 Å². The zero-order chi connectivity index (χ0) is 18.1. The van der Waals surface area contributed by atoms with Crippen molar-refractivity contribution in [3.63, 3.8) is 0 Å². The number of hydrogen-bond donors (Lipinski definition) is 2. The predicted molar refractivity (Wildman–Crippen MR) is 80.7 cm³/mol. The van der Waals surface area contributed by atoms with Crippen LogP contribution in [0.4, 0.5) is 18.9 Å². The molecule has 0 spiro atoms. The van der Waals surface area contributed by atoms with Gasteiger partial charge in [0.15, 0.2) is 5.75 Å². The van der Waals surface area contributed by atoms with Crippen molar-refractivity contribution in [3.05, 3.63) is 35.4 Å². The van der Waals surface area contributed by atoms with Crippen molar-refractivity contribution in [2.45, 2.75) is 39.4 Å². The van der Waals surface area contributed by atoms with Crippen LogP contribution in [0.15, 0.2) is 18.5 Å². The molecule has 0 aromatic carbocycles. The molecule has 1 amide bonds. The summed E-state index contributed by atoms with van der Waals surface area (Å²) in [5.41, 5.74) is 1.26. The number of carbonyl (C=O) groups is 1. The number of aryl methyl sites for hydroxylation is 1. The maximum absolute atomic E-state index is 12.6. The van der Waals surface area contributed by atoms with Crippen molar-refractivity contribution in [1.82, 2.24) is 14.8 Å². The SMILES string of the molecule is Cc1nn(CC(F)(F)F)c(C)c1[C@H](C)C(=O)Nc1ccncc1O. The molecule has 0 radical (unpaired) electrons. The van der Waals surface area contributed by atoms with Gasteiger partial charge in [-0.2, -0.15) is 18.3 Å². The van der Waals surface area contributed by atoms with E-state index < -0.39 is 24.5 Å². The van der Waals surface area contributed by atoms with Gasteiger partial charge >= 0.3 is 6.18 Å². The Labute approximate surface area is 136 Å². The Bertz CT molecular complexity index is 756. The molecule has 0 aliphatic heterocycles. The molecule has 0 aliphatic rings. The molecule has 0 saturated heterocycles. The van der Waals surface area contributed by atoms with Gasteiger partial charge < -0.3 is 10.4 Å². The van der Waals surface area contributed by atoms with Crippen molar-refractivity contribution in [3.8, 4) is 5.75 Å². The number of alkyl halides is 3. The third-order valence-corrected chi connectivity index (χ3v) is 3.65. The van der Waals surface area contributed by atoms with E-state index >= 15 is 0 Å². The third-order valence-electron chi connectivity index (χ3n) is 3.65. The number of hydrogen-bond acceptors (Lipinski definition) is 4. The minimum Gasteiger partial charge on any atom is -0.504 e. The highest BCUT2D eigenvalue weighted by Crippen LogP contribution is 2.28. The fraction of sp³-hybridized carbons (Fsp3) is 0.400. The van der Waals surface area contributed by atoms with Crippen LogP contribution in [0.5, 0.6) is 5.75 Å². The van der Waals surface area contributed by atoms with Gasteiger partial charge in [-0.15, -0.1) is 0 Å². The molecule has 130 valence electrons. The van der Waals surface area contributed by atoms with Crippen LogP contribution in [-0.2, 0) is 11.3 Å². The molecule has 1 atom stereocenters. The van der Waals surface area contributed by atoms with Crippen molar-refractivity contribution in [2.75, 3.05) is 5.32 Å². The summed E-state index contributed by atoms with van der Waals surface area (Å²) >= 11 is 0. The summed E-state index contributed by atoms with van der Waals surface area (Å²) in [7, 11) is 0. The van der Waals surface area contributed by atoms with Crippen LogP contribution in [0.1, 0.15) is 29.8 Å². The van der Waals surface area contributed by atoms with Gasteiger partial charge in [0, 0.05) is 17.5 Å². The highest BCUT2D eigenvalue weighted by atomic mass is 19.4. The zero-order valence-electron chi connectivity index (χ0n) is 13.3. The van der Waals surface area contributed by atoms with Crippen LogP contribution in [0.25, 0.3) is 0 Å². The lowest BCUT2D eigenvalue weighted by atomic mass is 9.98. The predicted octanol–water partition coefficient (Wildman–Crippen LogP) is 2.91. The highest BCUT2D eigenvalue weighted by Gasteiger charge is 2.31. The highest BCUT2D eigenvalue weighted by molar-refractivity contribution is 5.96. The summed E-state index contributed by atoms with van der Waals surface area (Å²) in [5, 5.41) is 16.0. The molecule has 2 heterocycles. The Balaban J connectivity index is 2.25. The Morgan fingerprint density at radius 3 is 2.67 bits per heavy atom. The molecule has 2 aromatic heterocycles. The zero-order valence-corrected chi connectivity index (χ0v) is 13.3. The van der Waals surface area contributed by atoms with Crippen LogP contribution >= 0.6 is 0 Å². The number of aromatic nitrogens is 3.